The molecular formula is C19H20N2O6. The van der Waals surface area contributed by atoms with Crippen LogP contribution in [0.2, 0.25) is 0 Å². The molecule has 27 heavy (non-hydrogen) atoms. The number of carboxylic acids is 2. The van der Waals surface area contributed by atoms with Gasteiger partial charge >= 0.3 is 11.9 Å². The van der Waals surface area contributed by atoms with Crippen LogP contribution in [0.15, 0.2) is 48.5 Å². The number of amides is 1. The molecule has 2 rings (SSSR count). The molecule has 142 valence electrons. The number of anilines is 1. The van der Waals surface area contributed by atoms with Crippen LogP contribution in [0.25, 0.3) is 0 Å². The Morgan fingerprint density at radius 3 is 2.33 bits per heavy atom. The van der Waals surface area contributed by atoms with E-state index in [4.69, 9.17) is 20.7 Å². The summed E-state index contributed by atoms with van der Waals surface area (Å²) in [5, 5.41) is 20.7. The van der Waals surface area contributed by atoms with Gasteiger partial charge in [-0.25, -0.2) is 4.79 Å². The number of carbonyl (C=O) groups excluding carboxylic acids is 1. The van der Waals surface area contributed by atoms with Gasteiger partial charge in [-0.2, -0.15) is 0 Å². The SMILES string of the molecule is Cc1ccc(C(=O)Nc2cccc(CO[C@H](C(=O)O)[C@H](N)C(=O)O)c2)cc1. The topological polar surface area (TPSA) is 139 Å². The predicted molar refractivity (Wildman–Crippen MR) is 97.4 cm³/mol. The van der Waals surface area contributed by atoms with Crippen LogP contribution in [0.5, 0.6) is 0 Å². The number of carbonyl (C=O) groups is 3. The fourth-order valence-electron chi connectivity index (χ4n) is 2.29. The van der Waals surface area contributed by atoms with E-state index in [0.717, 1.165) is 5.56 Å². The summed E-state index contributed by atoms with van der Waals surface area (Å²) < 4.78 is 5.15. The van der Waals surface area contributed by atoms with Crippen molar-refractivity contribution in [3.8, 4) is 0 Å². The van der Waals surface area contributed by atoms with Crippen molar-refractivity contribution in [1.29, 1.82) is 0 Å². The van der Waals surface area contributed by atoms with Crippen molar-refractivity contribution >= 4 is 23.5 Å². The Bertz CT molecular complexity index is 834. The maximum Gasteiger partial charge on any atom is 0.335 e. The highest BCUT2D eigenvalue weighted by Crippen LogP contribution is 2.15. The highest BCUT2D eigenvalue weighted by Gasteiger charge is 2.31. The Balaban J connectivity index is 2.04. The van der Waals surface area contributed by atoms with Gasteiger partial charge < -0.3 is 26.0 Å². The molecule has 1 amide bonds. The number of nitrogens with one attached hydrogen (secondary N) is 1. The second-order valence-electron chi connectivity index (χ2n) is 5.95. The van der Waals surface area contributed by atoms with Crippen molar-refractivity contribution < 1.29 is 29.3 Å². The van der Waals surface area contributed by atoms with E-state index in [2.05, 4.69) is 5.32 Å². The molecule has 0 saturated carbocycles. The lowest BCUT2D eigenvalue weighted by Crippen LogP contribution is -2.47. The standard InChI is InChI=1S/C19H20N2O6/c1-11-5-7-13(8-6-11)17(22)21-14-4-2-3-12(9-14)10-27-16(19(25)26)15(20)18(23)24/h2-9,15-16H,10,20H2,1H3,(H,21,22)(H,23,24)(H,25,26)/t15-,16-/m0/s1. The third-order valence-corrected chi connectivity index (χ3v) is 3.78. The smallest absolute Gasteiger partial charge is 0.335 e. The lowest BCUT2D eigenvalue weighted by atomic mass is 10.1. The van der Waals surface area contributed by atoms with E-state index in [1.807, 2.05) is 19.1 Å². The van der Waals surface area contributed by atoms with E-state index >= 15 is 0 Å². The van der Waals surface area contributed by atoms with Gasteiger partial charge in [-0.15, -0.1) is 0 Å². The Kier molecular flexibility index (Phi) is 6.64. The Labute approximate surface area is 155 Å². The summed E-state index contributed by atoms with van der Waals surface area (Å²) in [6.45, 7) is 1.75. The zero-order chi connectivity index (χ0) is 20.0. The van der Waals surface area contributed by atoms with Crippen LogP contribution in [0.1, 0.15) is 21.5 Å². The van der Waals surface area contributed by atoms with Crippen LogP contribution in [0, 0.1) is 6.92 Å². The Hall–Kier alpha value is -3.23. The fraction of sp³-hybridized carbons (Fsp3) is 0.211. The van der Waals surface area contributed by atoms with Crippen molar-refractivity contribution in [2.24, 2.45) is 5.73 Å². The summed E-state index contributed by atoms with van der Waals surface area (Å²) in [5.74, 6) is -3.22. The minimum Gasteiger partial charge on any atom is -0.480 e. The van der Waals surface area contributed by atoms with Gasteiger partial charge in [0.25, 0.3) is 5.91 Å². The maximum atomic E-state index is 12.3. The first-order valence-corrected chi connectivity index (χ1v) is 8.07. The second-order valence-corrected chi connectivity index (χ2v) is 5.95. The molecule has 0 unspecified atom stereocenters. The molecular weight excluding hydrogens is 352 g/mol. The average molecular weight is 372 g/mol. The van der Waals surface area contributed by atoms with E-state index in [-0.39, 0.29) is 12.5 Å². The first-order valence-electron chi connectivity index (χ1n) is 8.07. The van der Waals surface area contributed by atoms with Gasteiger partial charge in [-0.05, 0) is 36.8 Å². The van der Waals surface area contributed by atoms with Crippen LogP contribution >= 0.6 is 0 Å². The van der Waals surface area contributed by atoms with Crippen molar-refractivity contribution in [1.82, 2.24) is 0 Å². The summed E-state index contributed by atoms with van der Waals surface area (Å²) in [5.41, 5.74) is 7.93. The number of benzene rings is 2. The summed E-state index contributed by atoms with van der Waals surface area (Å²) in [4.78, 5) is 34.3. The summed E-state index contributed by atoms with van der Waals surface area (Å²) in [6, 6.07) is 12.0. The normalized spacial score (nSPS) is 12.8. The number of aliphatic carboxylic acids is 2. The predicted octanol–water partition coefficient (Wildman–Crippen LogP) is 1.63. The number of ether oxygens (including phenoxy) is 1. The maximum absolute atomic E-state index is 12.3. The van der Waals surface area contributed by atoms with E-state index in [0.29, 0.717) is 16.8 Å². The van der Waals surface area contributed by atoms with Crippen molar-refractivity contribution in [2.45, 2.75) is 25.7 Å². The zero-order valence-corrected chi connectivity index (χ0v) is 14.6. The van der Waals surface area contributed by atoms with Gasteiger partial charge in [-0.3, -0.25) is 9.59 Å². The Morgan fingerprint density at radius 2 is 1.74 bits per heavy atom. The van der Waals surface area contributed by atoms with Crippen LogP contribution in [-0.4, -0.2) is 40.2 Å². The van der Waals surface area contributed by atoms with Crippen molar-refractivity contribution in [2.75, 3.05) is 5.32 Å². The van der Waals surface area contributed by atoms with Gasteiger partial charge in [0.2, 0.25) is 0 Å². The fourth-order valence-corrected chi connectivity index (χ4v) is 2.29. The van der Waals surface area contributed by atoms with Crippen LogP contribution in [-0.2, 0) is 20.9 Å². The molecule has 5 N–H and O–H groups in total. The minimum absolute atomic E-state index is 0.174. The second kappa shape index (κ2) is 8.93. The molecule has 0 bridgehead atoms. The van der Waals surface area contributed by atoms with Gasteiger partial charge in [0, 0.05) is 11.3 Å². The molecule has 0 heterocycles. The zero-order valence-electron chi connectivity index (χ0n) is 14.6. The van der Waals surface area contributed by atoms with E-state index < -0.39 is 24.1 Å². The number of nitrogens with two attached hydrogens (primary N) is 1. The summed E-state index contributed by atoms with van der Waals surface area (Å²) in [6.07, 6.45) is -1.69. The molecule has 0 spiro atoms. The third kappa shape index (κ3) is 5.63. The highest BCUT2D eigenvalue weighted by atomic mass is 16.5. The Morgan fingerprint density at radius 1 is 1.07 bits per heavy atom. The van der Waals surface area contributed by atoms with Crippen LogP contribution in [0.4, 0.5) is 5.69 Å². The van der Waals surface area contributed by atoms with Crippen LogP contribution < -0.4 is 11.1 Å². The van der Waals surface area contributed by atoms with Gasteiger partial charge in [0.1, 0.15) is 6.04 Å². The molecule has 0 saturated heterocycles. The van der Waals surface area contributed by atoms with Gasteiger partial charge in [-0.1, -0.05) is 29.8 Å². The van der Waals surface area contributed by atoms with Crippen LogP contribution in [0.3, 0.4) is 0 Å². The first kappa shape index (κ1) is 20.1. The highest BCUT2D eigenvalue weighted by molar-refractivity contribution is 6.04. The number of aryl methyl sites for hydroxylation is 1. The quantitative estimate of drug-likeness (QED) is 0.552. The molecule has 8 heteroatoms. The molecule has 0 aliphatic heterocycles. The van der Waals surface area contributed by atoms with E-state index in [1.165, 1.54) is 0 Å². The van der Waals surface area contributed by atoms with Crippen molar-refractivity contribution in [3.63, 3.8) is 0 Å². The molecule has 0 fully saturated rings. The van der Waals surface area contributed by atoms with Crippen molar-refractivity contribution in [3.05, 3.63) is 65.2 Å². The molecule has 0 radical (unpaired) electrons. The summed E-state index contributed by atoms with van der Waals surface area (Å²) in [7, 11) is 0. The monoisotopic (exact) mass is 372 g/mol. The molecule has 0 aliphatic carbocycles. The lowest BCUT2D eigenvalue weighted by Gasteiger charge is -2.17. The average Bonchev–Trinajstić information content (AvgIpc) is 2.62. The minimum atomic E-state index is -1.69. The molecule has 2 atom stereocenters. The molecule has 0 aromatic heterocycles. The van der Waals surface area contributed by atoms with Gasteiger partial charge in [0.15, 0.2) is 6.10 Å². The van der Waals surface area contributed by atoms with E-state index in [1.54, 1.807) is 36.4 Å². The van der Waals surface area contributed by atoms with E-state index in [9.17, 15) is 14.4 Å². The number of hydrogen-bond acceptors (Lipinski definition) is 5. The van der Waals surface area contributed by atoms with Gasteiger partial charge in [0.05, 0.1) is 6.61 Å². The first-order chi connectivity index (χ1) is 12.8. The molecule has 2 aromatic carbocycles. The lowest BCUT2D eigenvalue weighted by molar-refractivity contribution is -0.159. The largest absolute Gasteiger partial charge is 0.480 e. The number of rotatable bonds is 8. The number of carboxylic acid groups (broad SMARTS) is 2. The number of hydrogen-bond donors (Lipinski definition) is 4. The summed E-state index contributed by atoms with van der Waals surface area (Å²) >= 11 is 0. The molecule has 0 aliphatic rings. The molecule has 8 nitrogen and oxygen atoms in total. The molecule has 2 aromatic rings. The third-order valence-electron chi connectivity index (χ3n) is 3.78.